The number of nitrogens with one attached hydrogen (secondary N) is 2. The zero-order valence-electron chi connectivity index (χ0n) is 13.8. The van der Waals surface area contributed by atoms with Crippen LogP contribution in [-0.2, 0) is 16.1 Å². The molecule has 0 aliphatic heterocycles. The lowest BCUT2D eigenvalue weighted by molar-refractivity contribution is -0.139. The molecule has 0 spiro atoms. The number of hydrogen-bond acceptors (Lipinski definition) is 4. The molecule has 0 fully saturated rings. The molecule has 0 radical (unpaired) electrons. The Bertz CT molecular complexity index is 702. The standard InChI is InChI=1S/C18H19ClN2O4/c1-24-15-6-8-16(9-7-15)25-11-10-20-17(22)18(23)21-12-13-2-4-14(19)5-3-13/h2-9H,10-12H2,1H3,(H,20,22)(H,21,23). The molecule has 0 saturated carbocycles. The molecule has 0 aliphatic carbocycles. The highest BCUT2D eigenvalue weighted by atomic mass is 35.5. The molecule has 0 bridgehead atoms. The van der Waals surface area contributed by atoms with Gasteiger partial charge in [0.1, 0.15) is 18.1 Å². The molecule has 0 unspecified atom stereocenters. The molecule has 2 N–H and O–H groups in total. The number of benzene rings is 2. The number of carbonyl (C=O) groups excluding carboxylic acids is 2. The number of carbonyl (C=O) groups is 2. The summed E-state index contributed by atoms with van der Waals surface area (Å²) < 4.78 is 10.5. The van der Waals surface area contributed by atoms with Crippen LogP contribution in [0, 0.1) is 0 Å². The highest BCUT2D eigenvalue weighted by Crippen LogP contribution is 2.16. The maximum atomic E-state index is 11.7. The van der Waals surface area contributed by atoms with E-state index in [1.54, 1.807) is 55.6 Å². The fourth-order valence-electron chi connectivity index (χ4n) is 1.95. The van der Waals surface area contributed by atoms with Crippen LogP contribution in [0.5, 0.6) is 11.5 Å². The predicted molar refractivity (Wildman–Crippen MR) is 94.8 cm³/mol. The fourth-order valence-corrected chi connectivity index (χ4v) is 2.08. The highest BCUT2D eigenvalue weighted by molar-refractivity contribution is 6.35. The van der Waals surface area contributed by atoms with Crippen LogP contribution < -0.4 is 20.1 Å². The van der Waals surface area contributed by atoms with Gasteiger partial charge in [-0.15, -0.1) is 0 Å². The van der Waals surface area contributed by atoms with Crippen molar-refractivity contribution in [3.63, 3.8) is 0 Å². The second-order valence-electron chi connectivity index (χ2n) is 5.09. The minimum atomic E-state index is -0.702. The van der Waals surface area contributed by atoms with E-state index in [0.717, 1.165) is 11.3 Å². The molecule has 7 heteroatoms. The van der Waals surface area contributed by atoms with E-state index in [9.17, 15) is 9.59 Å². The average Bonchev–Trinajstić information content (AvgIpc) is 2.64. The van der Waals surface area contributed by atoms with Crippen molar-refractivity contribution in [3.8, 4) is 11.5 Å². The highest BCUT2D eigenvalue weighted by Gasteiger charge is 2.12. The SMILES string of the molecule is COc1ccc(OCCNC(=O)C(=O)NCc2ccc(Cl)cc2)cc1. The molecule has 2 amide bonds. The summed E-state index contributed by atoms with van der Waals surface area (Å²) >= 11 is 5.79. The summed E-state index contributed by atoms with van der Waals surface area (Å²) in [6.07, 6.45) is 0. The minimum Gasteiger partial charge on any atom is -0.497 e. The molecule has 0 saturated heterocycles. The van der Waals surface area contributed by atoms with E-state index in [1.807, 2.05) is 0 Å². The van der Waals surface area contributed by atoms with Gasteiger partial charge in [0.25, 0.3) is 0 Å². The van der Waals surface area contributed by atoms with Gasteiger partial charge in [-0.3, -0.25) is 9.59 Å². The Balaban J connectivity index is 1.65. The molecule has 0 heterocycles. The maximum Gasteiger partial charge on any atom is 0.309 e. The van der Waals surface area contributed by atoms with Crippen molar-refractivity contribution < 1.29 is 19.1 Å². The second kappa shape index (κ2) is 9.54. The van der Waals surface area contributed by atoms with Crippen molar-refractivity contribution in [2.24, 2.45) is 0 Å². The lowest BCUT2D eigenvalue weighted by atomic mass is 10.2. The van der Waals surface area contributed by atoms with Gasteiger partial charge < -0.3 is 20.1 Å². The zero-order valence-corrected chi connectivity index (χ0v) is 14.5. The van der Waals surface area contributed by atoms with E-state index in [4.69, 9.17) is 21.1 Å². The first kappa shape index (κ1) is 18.6. The summed E-state index contributed by atoms with van der Waals surface area (Å²) in [7, 11) is 1.59. The Hall–Kier alpha value is -2.73. The summed E-state index contributed by atoms with van der Waals surface area (Å²) in [5.74, 6) is -0.00746. The summed E-state index contributed by atoms with van der Waals surface area (Å²) in [4.78, 5) is 23.4. The van der Waals surface area contributed by atoms with Gasteiger partial charge in [-0.05, 0) is 42.0 Å². The number of amides is 2. The molecule has 0 aliphatic rings. The molecular formula is C18H19ClN2O4. The smallest absolute Gasteiger partial charge is 0.309 e. The Morgan fingerprint density at radius 3 is 2.16 bits per heavy atom. The van der Waals surface area contributed by atoms with Crippen molar-refractivity contribution in [2.75, 3.05) is 20.3 Å². The quantitative estimate of drug-likeness (QED) is 0.584. The Kier molecular flexibility index (Phi) is 7.10. The Morgan fingerprint density at radius 1 is 0.920 bits per heavy atom. The van der Waals surface area contributed by atoms with Crippen molar-refractivity contribution in [2.45, 2.75) is 6.54 Å². The van der Waals surface area contributed by atoms with Gasteiger partial charge in [0.2, 0.25) is 0 Å². The van der Waals surface area contributed by atoms with Gasteiger partial charge in [0.15, 0.2) is 0 Å². The molecule has 6 nitrogen and oxygen atoms in total. The normalized spacial score (nSPS) is 10.0. The van der Waals surface area contributed by atoms with Gasteiger partial charge in [-0.25, -0.2) is 0 Å². The van der Waals surface area contributed by atoms with E-state index in [0.29, 0.717) is 10.8 Å². The first-order valence-electron chi connectivity index (χ1n) is 7.66. The number of methoxy groups -OCH3 is 1. The van der Waals surface area contributed by atoms with Crippen molar-refractivity contribution >= 4 is 23.4 Å². The Morgan fingerprint density at radius 2 is 1.52 bits per heavy atom. The third-order valence-electron chi connectivity index (χ3n) is 3.29. The van der Waals surface area contributed by atoms with Gasteiger partial charge in [0.05, 0.1) is 13.7 Å². The number of halogens is 1. The van der Waals surface area contributed by atoms with Crippen LogP contribution in [-0.4, -0.2) is 32.1 Å². The van der Waals surface area contributed by atoms with Crippen LogP contribution in [0.4, 0.5) is 0 Å². The van der Waals surface area contributed by atoms with Gasteiger partial charge in [-0.2, -0.15) is 0 Å². The van der Waals surface area contributed by atoms with Crippen LogP contribution in [0.25, 0.3) is 0 Å². The molecule has 2 rings (SSSR count). The third-order valence-corrected chi connectivity index (χ3v) is 3.54. The summed E-state index contributed by atoms with van der Waals surface area (Å²) in [5.41, 5.74) is 0.855. The second-order valence-corrected chi connectivity index (χ2v) is 5.53. The number of rotatable bonds is 7. The van der Waals surface area contributed by atoms with E-state index >= 15 is 0 Å². The van der Waals surface area contributed by atoms with Crippen molar-refractivity contribution in [3.05, 3.63) is 59.1 Å². The summed E-state index contributed by atoms with van der Waals surface area (Å²) in [5, 5.41) is 5.65. The van der Waals surface area contributed by atoms with E-state index in [1.165, 1.54) is 0 Å². The lowest BCUT2D eigenvalue weighted by Gasteiger charge is -2.09. The van der Waals surface area contributed by atoms with Crippen LogP contribution in [0.1, 0.15) is 5.56 Å². The molecule has 25 heavy (non-hydrogen) atoms. The molecule has 0 atom stereocenters. The van der Waals surface area contributed by atoms with Gasteiger partial charge >= 0.3 is 11.8 Å². The fraction of sp³-hybridized carbons (Fsp3) is 0.222. The topological polar surface area (TPSA) is 76.7 Å². The van der Waals surface area contributed by atoms with Crippen molar-refractivity contribution in [1.82, 2.24) is 10.6 Å². The largest absolute Gasteiger partial charge is 0.497 e. The third kappa shape index (κ3) is 6.35. The van der Waals surface area contributed by atoms with Crippen LogP contribution >= 0.6 is 11.6 Å². The Labute approximate surface area is 151 Å². The first-order chi connectivity index (χ1) is 12.1. The van der Waals surface area contributed by atoms with Gasteiger partial charge in [0, 0.05) is 11.6 Å². The monoisotopic (exact) mass is 362 g/mol. The molecule has 2 aromatic carbocycles. The van der Waals surface area contributed by atoms with Crippen molar-refractivity contribution in [1.29, 1.82) is 0 Å². The summed E-state index contributed by atoms with van der Waals surface area (Å²) in [6.45, 7) is 0.730. The molecular weight excluding hydrogens is 344 g/mol. The van der Waals surface area contributed by atoms with E-state index < -0.39 is 11.8 Å². The number of ether oxygens (including phenoxy) is 2. The molecule has 132 valence electrons. The zero-order chi connectivity index (χ0) is 18.1. The summed E-state index contributed by atoms with van der Waals surface area (Å²) in [6, 6.07) is 14.1. The van der Waals surface area contributed by atoms with Crippen LogP contribution in [0.3, 0.4) is 0 Å². The lowest BCUT2D eigenvalue weighted by Crippen LogP contribution is -2.41. The maximum absolute atomic E-state index is 11.7. The predicted octanol–water partition coefficient (Wildman–Crippen LogP) is 2.16. The molecule has 2 aromatic rings. The van der Waals surface area contributed by atoms with Gasteiger partial charge in [-0.1, -0.05) is 23.7 Å². The minimum absolute atomic E-state index is 0.221. The van der Waals surface area contributed by atoms with E-state index in [2.05, 4.69) is 10.6 Å². The first-order valence-corrected chi connectivity index (χ1v) is 8.03. The van der Waals surface area contributed by atoms with Crippen LogP contribution in [0.15, 0.2) is 48.5 Å². The van der Waals surface area contributed by atoms with Crippen LogP contribution in [0.2, 0.25) is 5.02 Å². The van der Waals surface area contributed by atoms with E-state index in [-0.39, 0.29) is 19.7 Å². The average molecular weight is 363 g/mol. The number of hydrogen-bond donors (Lipinski definition) is 2. The molecule has 0 aromatic heterocycles.